The Balaban J connectivity index is 1.82. The van der Waals surface area contributed by atoms with Gasteiger partial charge >= 0.3 is 0 Å². The Kier molecular flexibility index (Phi) is 2.30. The molecule has 68 valence electrons. The van der Waals surface area contributed by atoms with E-state index in [1.165, 1.54) is 0 Å². The van der Waals surface area contributed by atoms with E-state index in [9.17, 15) is 4.79 Å². The van der Waals surface area contributed by atoms with Gasteiger partial charge in [0.05, 0.1) is 0 Å². The summed E-state index contributed by atoms with van der Waals surface area (Å²) in [6.07, 6.45) is 2.14. The molecule has 2 nitrogen and oxygen atoms in total. The fraction of sp³-hybridized carbons (Fsp3) is 0.364. The molecule has 0 aromatic heterocycles. The molecular formula is C11H13NO. The molecule has 1 saturated carbocycles. The molecular weight excluding hydrogens is 162 g/mol. The van der Waals surface area contributed by atoms with Gasteiger partial charge in [0.1, 0.15) is 0 Å². The van der Waals surface area contributed by atoms with Crippen molar-refractivity contribution in [2.24, 2.45) is 5.92 Å². The van der Waals surface area contributed by atoms with E-state index in [1.807, 2.05) is 30.3 Å². The van der Waals surface area contributed by atoms with Crippen molar-refractivity contribution in [3.05, 3.63) is 35.9 Å². The van der Waals surface area contributed by atoms with E-state index in [0.717, 1.165) is 18.4 Å². The van der Waals surface area contributed by atoms with Gasteiger partial charge in [-0.2, -0.15) is 0 Å². The van der Waals surface area contributed by atoms with Crippen molar-refractivity contribution >= 4 is 5.91 Å². The zero-order valence-corrected chi connectivity index (χ0v) is 7.49. The standard InChI is InChI=1S/C11H13NO/c13-11(10-6-7-10)12-8-9-4-2-1-3-5-9/h1-5,10H,6-8H2,(H,12,13). The summed E-state index contributed by atoms with van der Waals surface area (Å²) < 4.78 is 0. The van der Waals surface area contributed by atoms with Crippen LogP contribution in [0.15, 0.2) is 30.3 Å². The second kappa shape index (κ2) is 3.60. The van der Waals surface area contributed by atoms with Gasteiger partial charge in [-0.3, -0.25) is 4.79 Å². The molecule has 0 aliphatic heterocycles. The quantitative estimate of drug-likeness (QED) is 0.744. The molecule has 1 aromatic carbocycles. The summed E-state index contributed by atoms with van der Waals surface area (Å²) in [5.74, 6) is 0.521. The van der Waals surface area contributed by atoms with Gasteiger partial charge in [-0.05, 0) is 18.4 Å². The molecule has 0 saturated heterocycles. The third-order valence-electron chi connectivity index (χ3n) is 2.26. The maximum absolute atomic E-state index is 11.3. The Morgan fingerprint density at radius 2 is 2.00 bits per heavy atom. The van der Waals surface area contributed by atoms with Gasteiger partial charge in [0.15, 0.2) is 0 Å². The maximum Gasteiger partial charge on any atom is 0.223 e. The summed E-state index contributed by atoms with van der Waals surface area (Å²) in [7, 11) is 0. The van der Waals surface area contributed by atoms with Crippen LogP contribution in [-0.2, 0) is 11.3 Å². The summed E-state index contributed by atoms with van der Waals surface area (Å²) in [6, 6.07) is 9.99. The number of benzene rings is 1. The highest BCUT2D eigenvalue weighted by atomic mass is 16.2. The third-order valence-corrected chi connectivity index (χ3v) is 2.26. The van der Waals surface area contributed by atoms with Crippen molar-refractivity contribution < 1.29 is 4.79 Å². The molecule has 2 rings (SSSR count). The molecule has 1 amide bonds. The highest BCUT2D eigenvalue weighted by Crippen LogP contribution is 2.28. The predicted molar refractivity (Wildman–Crippen MR) is 51.0 cm³/mol. The molecule has 13 heavy (non-hydrogen) atoms. The molecule has 0 bridgehead atoms. The molecule has 1 aromatic rings. The monoisotopic (exact) mass is 175 g/mol. The fourth-order valence-corrected chi connectivity index (χ4v) is 1.27. The van der Waals surface area contributed by atoms with E-state index < -0.39 is 0 Å². The lowest BCUT2D eigenvalue weighted by molar-refractivity contribution is -0.122. The highest BCUT2D eigenvalue weighted by molar-refractivity contribution is 5.80. The largest absolute Gasteiger partial charge is 0.352 e. The van der Waals surface area contributed by atoms with Crippen LogP contribution >= 0.6 is 0 Å². The van der Waals surface area contributed by atoms with Crippen LogP contribution in [0.5, 0.6) is 0 Å². The van der Waals surface area contributed by atoms with Crippen molar-refractivity contribution in [2.75, 3.05) is 0 Å². The SMILES string of the molecule is O=C(NCc1ccccc1)C1CC1. The molecule has 1 aliphatic carbocycles. The zero-order valence-electron chi connectivity index (χ0n) is 7.49. The number of carbonyl (C=O) groups is 1. The molecule has 0 radical (unpaired) electrons. The van der Waals surface area contributed by atoms with E-state index in [0.29, 0.717) is 12.5 Å². The molecule has 0 spiro atoms. The van der Waals surface area contributed by atoms with Crippen LogP contribution in [0, 0.1) is 5.92 Å². The molecule has 2 heteroatoms. The van der Waals surface area contributed by atoms with Crippen LogP contribution in [0.3, 0.4) is 0 Å². The maximum atomic E-state index is 11.3. The Morgan fingerprint density at radius 1 is 1.31 bits per heavy atom. The van der Waals surface area contributed by atoms with Crippen LogP contribution in [0.1, 0.15) is 18.4 Å². The van der Waals surface area contributed by atoms with Crippen molar-refractivity contribution in [1.82, 2.24) is 5.32 Å². The smallest absolute Gasteiger partial charge is 0.223 e. The van der Waals surface area contributed by atoms with Gasteiger partial charge in [0, 0.05) is 12.5 Å². The summed E-state index contributed by atoms with van der Waals surface area (Å²) >= 11 is 0. The lowest BCUT2D eigenvalue weighted by Gasteiger charge is -2.03. The second-order valence-corrected chi connectivity index (χ2v) is 3.48. The van der Waals surface area contributed by atoms with Crippen molar-refractivity contribution in [3.8, 4) is 0 Å². The van der Waals surface area contributed by atoms with Crippen molar-refractivity contribution in [2.45, 2.75) is 19.4 Å². The normalized spacial score (nSPS) is 15.4. The first-order valence-electron chi connectivity index (χ1n) is 4.68. The van der Waals surface area contributed by atoms with Crippen LogP contribution in [-0.4, -0.2) is 5.91 Å². The number of hydrogen-bond acceptors (Lipinski definition) is 1. The van der Waals surface area contributed by atoms with E-state index in [1.54, 1.807) is 0 Å². The van der Waals surface area contributed by atoms with Gasteiger partial charge in [0.2, 0.25) is 5.91 Å². The van der Waals surface area contributed by atoms with Gasteiger partial charge in [-0.15, -0.1) is 0 Å². The first kappa shape index (κ1) is 8.30. The average molecular weight is 175 g/mol. The minimum atomic E-state index is 0.212. The number of rotatable bonds is 3. The van der Waals surface area contributed by atoms with Gasteiger partial charge in [-0.1, -0.05) is 30.3 Å². The van der Waals surface area contributed by atoms with Gasteiger partial charge < -0.3 is 5.32 Å². The lowest BCUT2D eigenvalue weighted by Crippen LogP contribution is -2.23. The van der Waals surface area contributed by atoms with Gasteiger partial charge in [0.25, 0.3) is 0 Å². The summed E-state index contributed by atoms with van der Waals surface area (Å²) in [4.78, 5) is 11.3. The molecule has 0 unspecified atom stereocenters. The summed E-state index contributed by atoms with van der Waals surface area (Å²) in [5.41, 5.74) is 1.16. The van der Waals surface area contributed by atoms with E-state index in [2.05, 4.69) is 5.32 Å². The number of hydrogen-bond donors (Lipinski definition) is 1. The van der Waals surface area contributed by atoms with Crippen LogP contribution in [0.2, 0.25) is 0 Å². The van der Waals surface area contributed by atoms with Crippen molar-refractivity contribution in [1.29, 1.82) is 0 Å². The summed E-state index contributed by atoms with van der Waals surface area (Å²) in [6.45, 7) is 0.663. The summed E-state index contributed by atoms with van der Waals surface area (Å²) in [5, 5.41) is 2.92. The third kappa shape index (κ3) is 2.31. The average Bonchev–Trinajstić information content (AvgIpc) is 2.99. The minimum Gasteiger partial charge on any atom is -0.352 e. The Labute approximate surface area is 78.0 Å². The Hall–Kier alpha value is -1.31. The molecule has 0 atom stereocenters. The predicted octanol–water partition coefficient (Wildman–Crippen LogP) is 1.71. The highest BCUT2D eigenvalue weighted by Gasteiger charge is 2.28. The Bertz CT molecular complexity index is 290. The van der Waals surface area contributed by atoms with Gasteiger partial charge in [-0.25, -0.2) is 0 Å². The first-order valence-corrected chi connectivity index (χ1v) is 4.68. The van der Waals surface area contributed by atoms with Crippen LogP contribution < -0.4 is 5.32 Å². The van der Waals surface area contributed by atoms with Crippen LogP contribution in [0.25, 0.3) is 0 Å². The van der Waals surface area contributed by atoms with E-state index >= 15 is 0 Å². The molecule has 0 heterocycles. The Morgan fingerprint density at radius 3 is 2.62 bits per heavy atom. The number of nitrogens with one attached hydrogen (secondary N) is 1. The van der Waals surface area contributed by atoms with Crippen molar-refractivity contribution in [3.63, 3.8) is 0 Å². The molecule has 1 aliphatic rings. The second-order valence-electron chi connectivity index (χ2n) is 3.48. The lowest BCUT2D eigenvalue weighted by atomic mass is 10.2. The topological polar surface area (TPSA) is 29.1 Å². The number of amides is 1. The molecule has 1 fully saturated rings. The molecule has 1 N–H and O–H groups in total. The minimum absolute atomic E-state index is 0.212. The first-order chi connectivity index (χ1) is 6.36. The zero-order chi connectivity index (χ0) is 9.10. The number of carbonyl (C=O) groups excluding carboxylic acids is 1. The van der Waals surface area contributed by atoms with Crippen LogP contribution in [0.4, 0.5) is 0 Å². The van der Waals surface area contributed by atoms with E-state index in [4.69, 9.17) is 0 Å². The fourth-order valence-electron chi connectivity index (χ4n) is 1.27. The van der Waals surface area contributed by atoms with E-state index in [-0.39, 0.29) is 5.91 Å².